The van der Waals surface area contributed by atoms with Crippen molar-refractivity contribution in [1.29, 1.82) is 0 Å². The van der Waals surface area contributed by atoms with E-state index >= 15 is 0 Å². The molecule has 0 aliphatic heterocycles. The number of fused-ring (bicyclic) bond motifs is 1. The van der Waals surface area contributed by atoms with Crippen molar-refractivity contribution in [3.05, 3.63) is 70.3 Å². The minimum atomic E-state index is -0.442. The number of aromatic nitrogens is 2. The number of carbonyl (C=O) groups is 1. The van der Waals surface area contributed by atoms with Crippen molar-refractivity contribution < 1.29 is 4.79 Å². The van der Waals surface area contributed by atoms with Gasteiger partial charge in [0.2, 0.25) is 5.91 Å². The maximum absolute atomic E-state index is 12.8. The molecule has 0 radical (unpaired) electrons. The van der Waals surface area contributed by atoms with Gasteiger partial charge in [-0.05, 0) is 43.5 Å². The molecule has 0 unspecified atom stereocenters. The minimum Gasteiger partial charge on any atom is -0.325 e. The summed E-state index contributed by atoms with van der Waals surface area (Å²) in [4.78, 5) is 31.4. The molecule has 1 heterocycles. The average Bonchev–Trinajstić information content (AvgIpc) is 3.38. The van der Waals surface area contributed by atoms with Gasteiger partial charge in [0.05, 0.1) is 22.6 Å². The lowest BCUT2D eigenvalue weighted by atomic mass is 9.93. The van der Waals surface area contributed by atoms with Gasteiger partial charge in [-0.15, -0.1) is 0 Å². The van der Waals surface area contributed by atoms with Gasteiger partial charge in [-0.3, -0.25) is 9.59 Å². The fourth-order valence-electron chi connectivity index (χ4n) is 3.11. The molecule has 1 fully saturated rings. The first-order valence-corrected chi connectivity index (χ1v) is 7.95. The number of anilines is 1. The van der Waals surface area contributed by atoms with Crippen LogP contribution >= 0.6 is 0 Å². The Balaban J connectivity index is 1.65. The molecule has 4 rings (SSSR count). The van der Waals surface area contributed by atoms with E-state index in [1.807, 2.05) is 25.1 Å². The SMILES string of the molecule is Cc1cccc(C2(C(=O)Nc3ccc4nc[nH]c(=O)c4c3)CC2)c1. The molecular weight excluding hydrogens is 302 g/mol. The summed E-state index contributed by atoms with van der Waals surface area (Å²) in [5.74, 6) is -0.0206. The first kappa shape index (κ1) is 14.6. The first-order chi connectivity index (χ1) is 11.6. The normalized spacial score (nSPS) is 15.2. The molecule has 1 aromatic heterocycles. The Morgan fingerprint density at radius 3 is 2.79 bits per heavy atom. The maximum atomic E-state index is 12.8. The van der Waals surface area contributed by atoms with Crippen molar-refractivity contribution in [1.82, 2.24) is 9.97 Å². The standard InChI is InChI=1S/C19H17N3O2/c1-12-3-2-4-13(9-12)19(7-8-19)18(24)22-14-5-6-16-15(10-14)17(23)21-11-20-16/h2-6,9-11H,7-8H2,1H3,(H,22,24)(H,20,21,23). The Hall–Kier alpha value is -2.95. The molecule has 0 atom stereocenters. The van der Waals surface area contributed by atoms with Gasteiger partial charge in [0.1, 0.15) is 0 Å². The van der Waals surface area contributed by atoms with E-state index in [-0.39, 0.29) is 11.5 Å². The maximum Gasteiger partial charge on any atom is 0.258 e. The number of amides is 1. The van der Waals surface area contributed by atoms with Gasteiger partial charge < -0.3 is 10.3 Å². The number of carbonyl (C=O) groups excluding carboxylic acids is 1. The zero-order chi connectivity index (χ0) is 16.7. The molecule has 3 aromatic rings. The van der Waals surface area contributed by atoms with Crippen LogP contribution in [0, 0.1) is 6.92 Å². The van der Waals surface area contributed by atoms with Crippen molar-refractivity contribution in [3.63, 3.8) is 0 Å². The summed E-state index contributed by atoms with van der Waals surface area (Å²) in [6.45, 7) is 2.03. The predicted octanol–water partition coefficient (Wildman–Crippen LogP) is 2.90. The number of nitrogens with one attached hydrogen (secondary N) is 2. The summed E-state index contributed by atoms with van der Waals surface area (Å²) < 4.78 is 0. The van der Waals surface area contributed by atoms with Crippen LogP contribution in [-0.2, 0) is 10.2 Å². The molecule has 5 nitrogen and oxygen atoms in total. The molecule has 5 heteroatoms. The quantitative estimate of drug-likeness (QED) is 0.779. The van der Waals surface area contributed by atoms with Gasteiger partial charge in [0, 0.05) is 5.69 Å². The molecule has 0 saturated heterocycles. The van der Waals surface area contributed by atoms with Crippen molar-refractivity contribution in [3.8, 4) is 0 Å². The summed E-state index contributed by atoms with van der Waals surface area (Å²) in [7, 11) is 0. The number of benzene rings is 2. The van der Waals surface area contributed by atoms with E-state index < -0.39 is 5.41 Å². The lowest BCUT2D eigenvalue weighted by Gasteiger charge is -2.16. The fraction of sp³-hybridized carbons (Fsp3) is 0.211. The third-order valence-electron chi connectivity index (χ3n) is 4.65. The minimum absolute atomic E-state index is 0.0206. The van der Waals surface area contributed by atoms with Gasteiger partial charge in [0.25, 0.3) is 5.56 Å². The Kier molecular flexibility index (Phi) is 3.23. The molecule has 1 aliphatic carbocycles. The molecule has 120 valence electrons. The van der Waals surface area contributed by atoms with Gasteiger partial charge in [0.15, 0.2) is 0 Å². The highest BCUT2D eigenvalue weighted by Crippen LogP contribution is 2.49. The fourth-order valence-corrected chi connectivity index (χ4v) is 3.11. The van der Waals surface area contributed by atoms with Gasteiger partial charge >= 0.3 is 0 Å². The molecular formula is C19H17N3O2. The Bertz CT molecular complexity index is 1000. The summed E-state index contributed by atoms with van der Waals surface area (Å²) in [5.41, 5.74) is 2.77. The second-order valence-electron chi connectivity index (χ2n) is 6.37. The van der Waals surface area contributed by atoms with Gasteiger partial charge in [-0.25, -0.2) is 4.98 Å². The van der Waals surface area contributed by atoms with Crippen molar-refractivity contribution >= 4 is 22.5 Å². The highest BCUT2D eigenvalue weighted by atomic mass is 16.2. The van der Waals surface area contributed by atoms with Crippen LogP contribution in [0.25, 0.3) is 10.9 Å². The van der Waals surface area contributed by atoms with Crippen LogP contribution in [0.2, 0.25) is 0 Å². The first-order valence-electron chi connectivity index (χ1n) is 7.95. The molecule has 24 heavy (non-hydrogen) atoms. The zero-order valence-corrected chi connectivity index (χ0v) is 13.3. The lowest BCUT2D eigenvalue weighted by Crippen LogP contribution is -2.28. The zero-order valence-electron chi connectivity index (χ0n) is 13.3. The molecule has 1 amide bonds. The number of H-pyrrole nitrogens is 1. The van der Waals surface area contributed by atoms with E-state index in [2.05, 4.69) is 21.4 Å². The average molecular weight is 319 g/mol. The topological polar surface area (TPSA) is 74.8 Å². The van der Waals surface area contributed by atoms with Crippen LogP contribution in [0.5, 0.6) is 0 Å². The highest BCUT2D eigenvalue weighted by molar-refractivity contribution is 6.02. The lowest BCUT2D eigenvalue weighted by molar-refractivity contribution is -0.118. The highest BCUT2D eigenvalue weighted by Gasteiger charge is 2.51. The predicted molar refractivity (Wildman–Crippen MR) is 93.1 cm³/mol. The number of aromatic amines is 1. The van der Waals surface area contributed by atoms with E-state index in [0.29, 0.717) is 16.6 Å². The molecule has 2 aromatic carbocycles. The number of hydrogen-bond acceptors (Lipinski definition) is 3. The summed E-state index contributed by atoms with van der Waals surface area (Å²) in [6, 6.07) is 13.3. The van der Waals surface area contributed by atoms with Gasteiger partial charge in [-0.1, -0.05) is 29.8 Å². The van der Waals surface area contributed by atoms with Crippen LogP contribution in [0.15, 0.2) is 53.6 Å². The Morgan fingerprint density at radius 2 is 2.04 bits per heavy atom. The van der Waals surface area contributed by atoms with Gasteiger partial charge in [-0.2, -0.15) is 0 Å². The monoisotopic (exact) mass is 319 g/mol. The molecule has 0 spiro atoms. The van der Waals surface area contributed by atoms with Crippen molar-refractivity contribution in [2.75, 3.05) is 5.32 Å². The van der Waals surface area contributed by atoms with Crippen LogP contribution in [0.1, 0.15) is 24.0 Å². The van der Waals surface area contributed by atoms with E-state index in [9.17, 15) is 9.59 Å². The number of aryl methyl sites for hydroxylation is 1. The van der Waals surface area contributed by atoms with Crippen molar-refractivity contribution in [2.24, 2.45) is 0 Å². The van der Waals surface area contributed by atoms with Crippen LogP contribution in [0.4, 0.5) is 5.69 Å². The third kappa shape index (κ3) is 2.38. The Morgan fingerprint density at radius 1 is 1.21 bits per heavy atom. The molecule has 1 saturated carbocycles. The molecule has 0 bridgehead atoms. The summed E-state index contributed by atoms with van der Waals surface area (Å²) in [6.07, 6.45) is 3.07. The van der Waals surface area contributed by atoms with E-state index in [4.69, 9.17) is 0 Å². The van der Waals surface area contributed by atoms with E-state index in [0.717, 1.165) is 24.0 Å². The Labute approximate surface area is 138 Å². The van der Waals surface area contributed by atoms with Crippen LogP contribution in [0.3, 0.4) is 0 Å². The number of rotatable bonds is 3. The van der Waals surface area contributed by atoms with E-state index in [1.54, 1.807) is 18.2 Å². The molecule has 2 N–H and O–H groups in total. The third-order valence-corrected chi connectivity index (χ3v) is 4.65. The van der Waals surface area contributed by atoms with E-state index in [1.165, 1.54) is 6.33 Å². The number of nitrogens with zero attached hydrogens (tertiary/aromatic N) is 1. The largest absolute Gasteiger partial charge is 0.325 e. The summed E-state index contributed by atoms with van der Waals surface area (Å²) >= 11 is 0. The number of hydrogen-bond donors (Lipinski definition) is 2. The smallest absolute Gasteiger partial charge is 0.258 e. The van der Waals surface area contributed by atoms with Crippen LogP contribution < -0.4 is 10.9 Å². The summed E-state index contributed by atoms with van der Waals surface area (Å²) in [5, 5.41) is 3.43. The molecule has 1 aliphatic rings. The second kappa shape index (κ2) is 5.30. The van der Waals surface area contributed by atoms with Crippen LogP contribution in [-0.4, -0.2) is 15.9 Å². The second-order valence-corrected chi connectivity index (χ2v) is 6.37. The van der Waals surface area contributed by atoms with Crippen molar-refractivity contribution in [2.45, 2.75) is 25.2 Å².